The van der Waals surface area contributed by atoms with Crippen LogP contribution in [0.5, 0.6) is 5.75 Å². The van der Waals surface area contributed by atoms with Crippen molar-refractivity contribution in [3.8, 4) is 5.75 Å². The van der Waals surface area contributed by atoms with Crippen molar-refractivity contribution in [2.24, 2.45) is 16.6 Å². The molecule has 2 aliphatic rings. The molecule has 0 radical (unpaired) electrons. The van der Waals surface area contributed by atoms with E-state index in [0.717, 1.165) is 38.8 Å². The Hall–Kier alpha value is -2.86. The van der Waals surface area contributed by atoms with Gasteiger partial charge in [-0.05, 0) is 57.2 Å². The number of hydrogen-bond donors (Lipinski definition) is 3. The molecule has 9 nitrogen and oxygen atoms in total. The summed E-state index contributed by atoms with van der Waals surface area (Å²) in [5.74, 6) is -0.00896. The number of nitrogens with two attached hydrogens (primary N) is 1. The number of nitrogens with zero attached hydrogens (tertiary/aromatic N) is 3. The lowest BCUT2D eigenvalue weighted by Gasteiger charge is -2.39. The molecule has 1 fully saturated rings. The quantitative estimate of drug-likeness (QED) is 0.351. The fourth-order valence-corrected chi connectivity index (χ4v) is 4.97. The molecule has 1 aliphatic carbocycles. The molecule has 0 spiro atoms. The van der Waals surface area contributed by atoms with Gasteiger partial charge in [0.05, 0.1) is 17.7 Å². The number of guanidine groups is 1. The minimum absolute atomic E-state index is 0.145. The molecule has 35 heavy (non-hydrogen) atoms. The Kier molecular flexibility index (Phi) is 8.60. The van der Waals surface area contributed by atoms with Crippen molar-refractivity contribution in [2.75, 3.05) is 13.1 Å². The highest BCUT2D eigenvalue weighted by molar-refractivity contribution is 5.83. The van der Waals surface area contributed by atoms with E-state index in [2.05, 4.69) is 39.1 Å². The van der Waals surface area contributed by atoms with Crippen molar-refractivity contribution < 1.29 is 22.8 Å². The number of para-hydroxylation sites is 1. The Labute approximate surface area is 202 Å². The van der Waals surface area contributed by atoms with Gasteiger partial charge in [0.2, 0.25) is 0 Å². The second-order valence-corrected chi connectivity index (χ2v) is 8.95. The third-order valence-electron chi connectivity index (χ3n) is 6.70. The molecule has 3 rings (SSSR count). The molecular formula is C23H33F3N6O3. The molecule has 0 saturated heterocycles. The summed E-state index contributed by atoms with van der Waals surface area (Å²) in [5.41, 5.74) is 5.08. The second kappa shape index (κ2) is 11.3. The Morgan fingerprint density at radius 3 is 2.49 bits per heavy atom. The van der Waals surface area contributed by atoms with E-state index in [0.29, 0.717) is 12.5 Å². The van der Waals surface area contributed by atoms with E-state index in [1.165, 1.54) is 24.4 Å². The van der Waals surface area contributed by atoms with Crippen LogP contribution in [0, 0.1) is 16.0 Å². The summed E-state index contributed by atoms with van der Waals surface area (Å²) < 4.78 is 42.1. The van der Waals surface area contributed by atoms with Crippen LogP contribution in [-0.2, 0) is 6.54 Å². The van der Waals surface area contributed by atoms with Gasteiger partial charge in [0.1, 0.15) is 5.75 Å². The van der Waals surface area contributed by atoms with Crippen molar-refractivity contribution in [2.45, 2.75) is 70.6 Å². The zero-order valence-electron chi connectivity index (χ0n) is 20.0. The van der Waals surface area contributed by atoms with Crippen LogP contribution in [0.25, 0.3) is 0 Å². The van der Waals surface area contributed by atoms with Crippen molar-refractivity contribution in [1.29, 1.82) is 0 Å². The Bertz CT molecular complexity index is 943. The zero-order valence-corrected chi connectivity index (χ0v) is 20.0. The minimum Gasteiger partial charge on any atom is -0.405 e. The number of benzene rings is 1. The summed E-state index contributed by atoms with van der Waals surface area (Å²) >= 11 is 0. The first-order valence-electron chi connectivity index (χ1n) is 11.9. The zero-order chi connectivity index (χ0) is 25.6. The van der Waals surface area contributed by atoms with Crippen LogP contribution >= 0.6 is 0 Å². The van der Waals surface area contributed by atoms with Gasteiger partial charge in [-0.2, -0.15) is 0 Å². The molecule has 12 heteroatoms. The van der Waals surface area contributed by atoms with E-state index >= 15 is 0 Å². The predicted octanol–water partition coefficient (Wildman–Crippen LogP) is 3.70. The number of ether oxygens (including phenoxy) is 1. The largest absolute Gasteiger partial charge is 0.573 e. The Morgan fingerprint density at radius 1 is 1.23 bits per heavy atom. The Balaban J connectivity index is 1.71. The average Bonchev–Trinajstić information content (AvgIpc) is 2.79. The average molecular weight is 499 g/mol. The van der Waals surface area contributed by atoms with Crippen molar-refractivity contribution in [3.63, 3.8) is 0 Å². The second-order valence-electron chi connectivity index (χ2n) is 8.95. The SMILES string of the molecule is CCN(CC)C1CCC(CC2(N)NC(=NCc3ccccc3OC(F)(F)F)NC=C2[N+](=O)[O-])CC1. The van der Waals surface area contributed by atoms with Crippen LogP contribution in [-0.4, -0.2) is 46.9 Å². The van der Waals surface area contributed by atoms with Crippen LogP contribution in [0.2, 0.25) is 0 Å². The van der Waals surface area contributed by atoms with Crippen LogP contribution < -0.4 is 21.1 Å². The maximum Gasteiger partial charge on any atom is 0.573 e. The van der Waals surface area contributed by atoms with E-state index in [1.54, 1.807) is 6.07 Å². The monoisotopic (exact) mass is 498 g/mol. The number of rotatable bonds is 9. The molecule has 1 aliphatic heterocycles. The van der Waals surface area contributed by atoms with E-state index in [4.69, 9.17) is 5.73 Å². The standard InChI is InChI=1S/C23H33F3N6O3/c1-3-31(4-2)18-11-9-16(10-12-18)13-22(27)20(32(33)34)15-29-21(30-22)28-14-17-7-5-6-8-19(17)35-23(24,25)26/h5-8,15-16,18H,3-4,9-14,27H2,1-2H3,(H2,28,29,30). The van der Waals surface area contributed by atoms with Gasteiger partial charge in [-0.15, -0.1) is 13.2 Å². The van der Waals surface area contributed by atoms with Gasteiger partial charge < -0.3 is 20.3 Å². The molecule has 1 unspecified atom stereocenters. The molecule has 1 heterocycles. The smallest absolute Gasteiger partial charge is 0.405 e. The first-order valence-corrected chi connectivity index (χ1v) is 11.9. The van der Waals surface area contributed by atoms with E-state index in [1.807, 2.05) is 0 Å². The van der Waals surface area contributed by atoms with Crippen molar-refractivity contribution in [3.05, 3.63) is 51.8 Å². The predicted molar refractivity (Wildman–Crippen MR) is 126 cm³/mol. The minimum atomic E-state index is -4.83. The third kappa shape index (κ3) is 7.07. The molecule has 0 aromatic heterocycles. The number of alkyl halides is 3. The van der Waals surface area contributed by atoms with Gasteiger partial charge >= 0.3 is 12.1 Å². The highest BCUT2D eigenvalue weighted by atomic mass is 19.4. The van der Waals surface area contributed by atoms with Gasteiger partial charge in [-0.3, -0.25) is 15.8 Å². The lowest BCUT2D eigenvalue weighted by Crippen LogP contribution is -2.64. The lowest BCUT2D eigenvalue weighted by molar-refractivity contribution is -0.437. The van der Waals surface area contributed by atoms with Gasteiger partial charge in [-0.1, -0.05) is 32.0 Å². The highest BCUT2D eigenvalue weighted by Crippen LogP contribution is 2.34. The topological polar surface area (TPSA) is 118 Å². The Morgan fingerprint density at radius 2 is 1.89 bits per heavy atom. The van der Waals surface area contributed by atoms with Gasteiger partial charge in [0.15, 0.2) is 11.6 Å². The summed E-state index contributed by atoms with van der Waals surface area (Å²) in [7, 11) is 0. The van der Waals surface area contributed by atoms with Gasteiger partial charge in [0, 0.05) is 11.6 Å². The molecule has 1 atom stereocenters. The van der Waals surface area contributed by atoms with Crippen LogP contribution in [0.4, 0.5) is 13.2 Å². The molecular weight excluding hydrogens is 465 g/mol. The summed E-state index contributed by atoms with van der Waals surface area (Å²) in [4.78, 5) is 17.9. The molecule has 194 valence electrons. The summed E-state index contributed by atoms with van der Waals surface area (Å²) in [6.45, 7) is 6.13. The maximum absolute atomic E-state index is 12.7. The van der Waals surface area contributed by atoms with E-state index in [-0.39, 0.29) is 35.4 Å². The first-order chi connectivity index (χ1) is 16.5. The van der Waals surface area contributed by atoms with E-state index in [9.17, 15) is 23.3 Å². The summed E-state index contributed by atoms with van der Waals surface area (Å²) in [6, 6.07) is 6.19. The van der Waals surface area contributed by atoms with Gasteiger partial charge in [0.25, 0.3) is 0 Å². The number of nitrogens with one attached hydrogen (secondary N) is 2. The number of aliphatic imine (C=N–C) groups is 1. The number of halogens is 3. The van der Waals surface area contributed by atoms with Crippen LogP contribution in [0.1, 0.15) is 51.5 Å². The molecule has 4 N–H and O–H groups in total. The van der Waals surface area contributed by atoms with Gasteiger partial charge in [-0.25, -0.2) is 4.99 Å². The highest BCUT2D eigenvalue weighted by Gasteiger charge is 2.45. The van der Waals surface area contributed by atoms with Crippen molar-refractivity contribution in [1.82, 2.24) is 15.5 Å². The number of nitro groups is 1. The normalized spacial score (nSPS) is 26.1. The van der Waals surface area contributed by atoms with Crippen LogP contribution in [0.3, 0.4) is 0 Å². The maximum atomic E-state index is 12.7. The molecule has 0 bridgehead atoms. The fourth-order valence-electron chi connectivity index (χ4n) is 4.97. The lowest BCUT2D eigenvalue weighted by atomic mass is 9.79. The van der Waals surface area contributed by atoms with Crippen LogP contribution in [0.15, 0.2) is 41.2 Å². The molecule has 1 aromatic carbocycles. The molecule has 0 amide bonds. The fraction of sp³-hybridized carbons (Fsp3) is 0.609. The van der Waals surface area contributed by atoms with Crippen molar-refractivity contribution >= 4 is 5.96 Å². The van der Waals surface area contributed by atoms with E-state index < -0.39 is 16.9 Å². The molecule has 1 saturated carbocycles. The number of hydrogen-bond acceptors (Lipinski definition) is 6. The summed E-state index contributed by atoms with van der Waals surface area (Å²) in [5, 5.41) is 17.3. The summed E-state index contributed by atoms with van der Waals surface area (Å²) in [6.07, 6.45) is 0.562. The third-order valence-corrected chi connectivity index (χ3v) is 6.70. The first kappa shape index (κ1) is 26.7. The molecule has 1 aromatic rings.